The van der Waals surface area contributed by atoms with Crippen molar-refractivity contribution in [2.24, 2.45) is 0 Å². The van der Waals surface area contributed by atoms with Crippen LogP contribution in [0.2, 0.25) is 0 Å². The largest absolute Gasteiger partial charge is 0.379 e. The molecule has 12 nitrogen and oxygen atoms in total. The molecule has 1 aromatic rings. The molecule has 0 aromatic heterocycles. The van der Waals surface area contributed by atoms with Crippen LogP contribution in [-0.2, 0) is 46.4 Å². The van der Waals surface area contributed by atoms with Gasteiger partial charge in [0.15, 0.2) is 0 Å². The predicted molar refractivity (Wildman–Crippen MR) is 150 cm³/mol. The first-order valence-electron chi connectivity index (χ1n) is 13.6. The summed E-state index contributed by atoms with van der Waals surface area (Å²) in [6.07, 6.45) is 2.22. The summed E-state index contributed by atoms with van der Waals surface area (Å²) < 4.78 is 21.7. The zero-order valence-corrected chi connectivity index (χ0v) is 24.1. The molecule has 0 spiro atoms. The summed E-state index contributed by atoms with van der Waals surface area (Å²) in [4.78, 5) is 47.7. The average Bonchev–Trinajstić information content (AvgIpc) is 2.95. The number of hydrogen-bond acceptors (Lipinski definition) is 10. The Morgan fingerprint density at radius 3 is 2.12 bits per heavy atom. The van der Waals surface area contributed by atoms with E-state index in [2.05, 4.69) is 16.0 Å². The topological polar surface area (TPSA) is 145 Å². The number of carbonyl (C=O) groups is 4. The van der Waals surface area contributed by atoms with Crippen molar-refractivity contribution in [1.82, 2.24) is 20.9 Å². The first-order chi connectivity index (χ1) is 19.4. The predicted octanol–water partition coefficient (Wildman–Crippen LogP) is 0.664. The highest BCUT2D eigenvalue weighted by atomic mass is 16.6. The van der Waals surface area contributed by atoms with Gasteiger partial charge in [0.05, 0.1) is 52.9 Å². The van der Waals surface area contributed by atoms with E-state index in [-0.39, 0.29) is 30.7 Å². The Morgan fingerprint density at radius 1 is 0.900 bits per heavy atom. The molecule has 226 valence electrons. The van der Waals surface area contributed by atoms with Gasteiger partial charge in [-0.3, -0.25) is 29.4 Å². The summed E-state index contributed by atoms with van der Waals surface area (Å²) in [5.41, 5.74) is 2.28. The van der Waals surface area contributed by atoms with E-state index < -0.39 is 0 Å². The lowest BCUT2D eigenvalue weighted by Crippen LogP contribution is -2.31. The molecule has 1 unspecified atom stereocenters. The maximum absolute atomic E-state index is 12.2. The first-order valence-corrected chi connectivity index (χ1v) is 13.6. The fraction of sp³-hybridized carbons (Fsp3) is 0.643. The van der Waals surface area contributed by atoms with Crippen molar-refractivity contribution in [2.45, 2.75) is 45.3 Å². The molecule has 0 aliphatic rings. The van der Waals surface area contributed by atoms with Gasteiger partial charge in [-0.1, -0.05) is 18.2 Å². The lowest BCUT2D eigenvalue weighted by Gasteiger charge is -2.25. The van der Waals surface area contributed by atoms with Gasteiger partial charge >= 0.3 is 0 Å². The van der Waals surface area contributed by atoms with Gasteiger partial charge in [0, 0.05) is 44.1 Å². The van der Waals surface area contributed by atoms with Crippen molar-refractivity contribution in [3.63, 3.8) is 0 Å². The van der Waals surface area contributed by atoms with Gasteiger partial charge in [-0.15, -0.1) is 0 Å². The van der Waals surface area contributed by atoms with Crippen LogP contribution in [0.25, 0.3) is 0 Å². The van der Waals surface area contributed by atoms with Crippen LogP contribution < -0.4 is 16.0 Å². The van der Waals surface area contributed by atoms with Crippen LogP contribution in [0.1, 0.15) is 47.7 Å². The van der Waals surface area contributed by atoms with Crippen LogP contribution in [0, 0.1) is 0 Å². The Morgan fingerprint density at radius 2 is 1.52 bits per heavy atom. The van der Waals surface area contributed by atoms with Crippen molar-refractivity contribution < 1.29 is 38.1 Å². The van der Waals surface area contributed by atoms with E-state index in [1.165, 1.54) is 0 Å². The summed E-state index contributed by atoms with van der Waals surface area (Å²) in [6, 6.07) is 5.51. The highest BCUT2D eigenvalue weighted by molar-refractivity contribution is 5.85. The molecule has 12 heteroatoms. The van der Waals surface area contributed by atoms with Crippen molar-refractivity contribution >= 4 is 24.5 Å². The number of amides is 3. The molecule has 1 rings (SSSR count). The second kappa shape index (κ2) is 23.0. The Labute approximate surface area is 237 Å². The molecule has 0 aliphatic carbocycles. The van der Waals surface area contributed by atoms with E-state index in [9.17, 15) is 19.2 Å². The Balaban J connectivity index is 2.24. The van der Waals surface area contributed by atoms with Crippen LogP contribution >= 0.6 is 0 Å². The second-order valence-electron chi connectivity index (χ2n) is 9.22. The van der Waals surface area contributed by atoms with Gasteiger partial charge in [0.25, 0.3) is 0 Å². The molecule has 0 radical (unpaired) electrons. The highest BCUT2D eigenvalue weighted by Gasteiger charge is 2.14. The van der Waals surface area contributed by atoms with Crippen LogP contribution in [0.3, 0.4) is 0 Å². The van der Waals surface area contributed by atoms with E-state index in [1.54, 1.807) is 6.07 Å². The molecule has 3 amide bonds. The second-order valence-corrected chi connectivity index (χ2v) is 9.22. The normalized spacial score (nSPS) is 11.8. The summed E-state index contributed by atoms with van der Waals surface area (Å²) in [6.45, 7) is 7.45. The van der Waals surface area contributed by atoms with E-state index in [1.807, 2.05) is 38.1 Å². The van der Waals surface area contributed by atoms with E-state index >= 15 is 0 Å². The molecular weight excluding hydrogens is 520 g/mol. The third-order valence-electron chi connectivity index (χ3n) is 6.09. The zero-order chi connectivity index (χ0) is 29.4. The molecule has 0 heterocycles. The number of benzene rings is 1. The van der Waals surface area contributed by atoms with Gasteiger partial charge in [0.2, 0.25) is 18.2 Å². The number of imide groups is 1. The molecular formula is C28H46N4O8. The number of aldehydes is 1. The molecule has 0 aliphatic heterocycles. The standard InChI is InChI=1S/C28H46N4O8/c1-23(4-7-27(35)31-22-34)32(3)20-26-18-24(5-6-25(26)21-33)19-30-28(36)8-10-37-12-14-39-16-17-40-15-13-38-11-9-29-2/h5-6,18,21-23,29H,4,7-17,19-20H2,1-3H3,(H,30,36)(H,31,34,35). The minimum Gasteiger partial charge on any atom is -0.379 e. The minimum atomic E-state index is -0.320. The molecule has 1 aromatic carbocycles. The Bertz CT molecular complexity index is 871. The van der Waals surface area contributed by atoms with Crippen molar-refractivity contribution in [3.8, 4) is 0 Å². The molecule has 40 heavy (non-hydrogen) atoms. The summed E-state index contributed by atoms with van der Waals surface area (Å²) in [7, 11) is 3.79. The van der Waals surface area contributed by atoms with Gasteiger partial charge in [0.1, 0.15) is 6.29 Å². The fourth-order valence-corrected chi connectivity index (χ4v) is 3.53. The summed E-state index contributed by atoms with van der Waals surface area (Å²) >= 11 is 0. The number of carbonyl (C=O) groups excluding carboxylic acids is 4. The number of hydrogen-bond donors (Lipinski definition) is 3. The monoisotopic (exact) mass is 566 g/mol. The number of likely N-dealkylation sites (N-methyl/N-ethyl adjacent to an activating group) is 1. The third-order valence-corrected chi connectivity index (χ3v) is 6.09. The Kier molecular flexibility index (Phi) is 20.3. The quantitative estimate of drug-likeness (QED) is 0.114. The summed E-state index contributed by atoms with van der Waals surface area (Å²) in [5.74, 6) is -0.453. The minimum absolute atomic E-state index is 0.0531. The summed E-state index contributed by atoms with van der Waals surface area (Å²) in [5, 5.41) is 8.01. The van der Waals surface area contributed by atoms with Crippen LogP contribution in [-0.4, -0.2) is 109 Å². The maximum Gasteiger partial charge on any atom is 0.226 e. The van der Waals surface area contributed by atoms with Gasteiger partial charge < -0.3 is 29.6 Å². The van der Waals surface area contributed by atoms with Gasteiger partial charge in [-0.25, -0.2) is 0 Å². The van der Waals surface area contributed by atoms with Crippen molar-refractivity contribution in [1.29, 1.82) is 0 Å². The molecule has 0 saturated carbocycles. The first kappa shape index (κ1) is 35.3. The third kappa shape index (κ3) is 17.1. The van der Waals surface area contributed by atoms with Gasteiger partial charge in [-0.05, 0) is 38.6 Å². The van der Waals surface area contributed by atoms with Crippen molar-refractivity contribution in [3.05, 3.63) is 34.9 Å². The fourth-order valence-electron chi connectivity index (χ4n) is 3.53. The molecule has 0 bridgehead atoms. The van der Waals surface area contributed by atoms with Gasteiger partial charge in [-0.2, -0.15) is 0 Å². The zero-order valence-electron chi connectivity index (χ0n) is 24.1. The molecule has 3 N–H and O–H groups in total. The number of rotatable bonds is 25. The maximum atomic E-state index is 12.2. The van der Waals surface area contributed by atoms with Crippen LogP contribution in [0.15, 0.2) is 18.2 Å². The van der Waals surface area contributed by atoms with E-state index in [0.717, 1.165) is 24.0 Å². The van der Waals surface area contributed by atoms with E-state index in [4.69, 9.17) is 18.9 Å². The molecule has 0 saturated heterocycles. The van der Waals surface area contributed by atoms with Crippen LogP contribution in [0.4, 0.5) is 0 Å². The average molecular weight is 567 g/mol. The number of nitrogens with zero attached hydrogens (tertiary/aromatic N) is 1. The highest BCUT2D eigenvalue weighted by Crippen LogP contribution is 2.16. The molecule has 0 fully saturated rings. The number of nitrogens with one attached hydrogen (secondary N) is 3. The lowest BCUT2D eigenvalue weighted by atomic mass is 10.0. The number of ether oxygens (including phenoxy) is 4. The smallest absolute Gasteiger partial charge is 0.226 e. The van der Waals surface area contributed by atoms with Crippen molar-refractivity contribution in [2.75, 3.05) is 73.5 Å². The SMILES string of the molecule is CNCCOCCOCCOCCOCCC(=O)NCc1ccc(C=O)c(CN(C)C(C)CCC(=O)NC=O)c1. The molecule has 1 atom stereocenters. The van der Waals surface area contributed by atoms with E-state index in [0.29, 0.717) is 84.3 Å². The van der Waals surface area contributed by atoms with Crippen LogP contribution in [0.5, 0.6) is 0 Å². The Hall–Kier alpha value is -2.74. The lowest BCUT2D eigenvalue weighted by molar-refractivity contribution is -0.125.